The number of carbonyl (C=O) groups excluding carboxylic acids is 1. The van der Waals surface area contributed by atoms with Crippen LogP contribution in [-0.2, 0) is 4.79 Å². The van der Waals surface area contributed by atoms with Gasteiger partial charge in [0.05, 0.1) is 0 Å². The van der Waals surface area contributed by atoms with Crippen LogP contribution in [0.3, 0.4) is 0 Å². The zero-order valence-corrected chi connectivity index (χ0v) is 14.3. The number of nitrogens with one attached hydrogen (secondary N) is 1. The fourth-order valence-electron chi connectivity index (χ4n) is 2.91. The first kappa shape index (κ1) is 16.4. The van der Waals surface area contributed by atoms with Crippen LogP contribution in [0.25, 0.3) is 0 Å². The summed E-state index contributed by atoms with van der Waals surface area (Å²) in [7, 11) is 0. The summed E-state index contributed by atoms with van der Waals surface area (Å²) in [5.74, 6) is 0.594. The summed E-state index contributed by atoms with van der Waals surface area (Å²) in [6.45, 7) is 5.97. The Morgan fingerprint density at radius 3 is 2.42 bits per heavy atom. The number of carbonyl (C=O) groups is 1. The maximum absolute atomic E-state index is 12.3. The molecule has 0 bridgehead atoms. The quantitative estimate of drug-likeness (QED) is 0.904. The molecule has 1 N–H and O–H groups in total. The van der Waals surface area contributed by atoms with Crippen LogP contribution in [0, 0.1) is 6.92 Å². The van der Waals surface area contributed by atoms with Crippen LogP contribution in [0.1, 0.15) is 25.3 Å². The van der Waals surface area contributed by atoms with E-state index in [2.05, 4.69) is 22.3 Å². The van der Waals surface area contributed by atoms with E-state index in [-0.39, 0.29) is 5.91 Å². The summed E-state index contributed by atoms with van der Waals surface area (Å²) >= 11 is 0. The van der Waals surface area contributed by atoms with Crippen LogP contribution in [0.2, 0.25) is 0 Å². The van der Waals surface area contributed by atoms with Gasteiger partial charge in [0.2, 0.25) is 0 Å². The molecule has 2 aromatic carbocycles. The third-order valence-corrected chi connectivity index (χ3v) is 4.37. The standard InChI is InChI=1S/C20H24N2O2/c1-15-7-3-4-8-19(15)24-16(2)20(23)21-17-9-11-18(12-10-17)22-13-5-6-14-22/h3-4,7-12,16H,5-6,13-14H2,1-2H3,(H,21,23)/t16-/m1/s1. The molecule has 1 amide bonds. The second kappa shape index (κ2) is 7.39. The average molecular weight is 324 g/mol. The highest BCUT2D eigenvalue weighted by atomic mass is 16.5. The van der Waals surface area contributed by atoms with Crippen molar-refractivity contribution in [2.75, 3.05) is 23.3 Å². The monoisotopic (exact) mass is 324 g/mol. The number of hydrogen-bond acceptors (Lipinski definition) is 3. The van der Waals surface area contributed by atoms with Gasteiger partial charge in [-0.1, -0.05) is 18.2 Å². The molecule has 1 saturated heterocycles. The maximum Gasteiger partial charge on any atom is 0.265 e. The molecular weight excluding hydrogens is 300 g/mol. The first-order valence-corrected chi connectivity index (χ1v) is 8.51. The van der Waals surface area contributed by atoms with E-state index in [1.54, 1.807) is 6.92 Å². The molecule has 2 aromatic rings. The molecule has 24 heavy (non-hydrogen) atoms. The smallest absolute Gasteiger partial charge is 0.265 e. The van der Waals surface area contributed by atoms with Crippen LogP contribution in [0.4, 0.5) is 11.4 Å². The van der Waals surface area contributed by atoms with Crippen molar-refractivity contribution >= 4 is 17.3 Å². The van der Waals surface area contributed by atoms with Crippen molar-refractivity contribution in [1.29, 1.82) is 0 Å². The Balaban J connectivity index is 1.58. The van der Waals surface area contributed by atoms with Gasteiger partial charge in [0.25, 0.3) is 5.91 Å². The van der Waals surface area contributed by atoms with Crippen molar-refractivity contribution in [3.8, 4) is 5.75 Å². The number of rotatable bonds is 5. The molecule has 0 radical (unpaired) electrons. The number of hydrogen-bond donors (Lipinski definition) is 1. The number of aryl methyl sites for hydroxylation is 1. The van der Waals surface area contributed by atoms with Crippen LogP contribution in [0.5, 0.6) is 5.75 Å². The molecule has 0 saturated carbocycles. The molecule has 1 aliphatic rings. The third kappa shape index (κ3) is 3.88. The molecule has 0 unspecified atom stereocenters. The average Bonchev–Trinajstić information content (AvgIpc) is 3.12. The number of para-hydroxylation sites is 1. The Kier molecular flexibility index (Phi) is 5.04. The summed E-state index contributed by atoms with van der Waals surface area (Å²) in [5, 5.41) is 2.92. The van der Waals surface area contributed by atoms with Crippen molar-refractivity contribution in [1.82, 2.24) is 0 Å². The van der Waals surface area contributed by atoms with Gasteiger partial charge in [0.1, 0.15) is 5.75 Å². The lowest BCUT2D eigenvalue weighted by Gasteiger charge is -2.19. The summed E-state index contributed by atoms with van der Waals surface area (Å²) in [6.07, 6.45) is 1.96. The zero-order valence-electron chi connectivity index (χ0n) is 14.3. The highest BCUT2D eigenvalue weighted by Crippen LogP contribution is 2.22. The van der Waals surface area contributed by atoms with Gasteiger partial charge in [-0.2, -0.15) is 0 Å². The lowest BCUT2D eigenvalue weighted by Crippen LogP contribution is -2.30. The summed E-state index contributed by atoms with van der Waals surface area (Å²) in [6, 6.07) is 15.7. The molecule has 1 atom stereocenters. The molecule has 0 aromatic heterocycles. The summed E-state index contributed by atoms with van der Waals surface area (Å²) in [4.78, 5) is 14.7. The number of amides is 1. The Labute approximate surface area is 143 Å². The summed E-state index contributed by atoms with van der Waals surface area (Å²) < 4.78 is 5.76. The van der Waals surface area contributed by atoms with Crippen molar-refractivity contribution < 1.29 is 9.53 Å². The predicted molar refractivity (Wildman–Crippen MR) is 97.8 cm³/mol. The van der Waals surface area contributed by atoms with E-state index in [0.29, 0.717) is 0 Å². The lowest BCUT2D eigenvalue weighted by atomic mass is 10.2. The largest absolute Gasteiger partial charge is 0.481 e. The SMILES string of the molecule is Cc1ccccc1O[C@H](C)C(=O)Nc1ccc(N2CCCC2)cc1. The Morgan fingerprint density at radius 1 is 1.08 bits per heavy atom. The lowest BCUT2D eigenvalue weighted by molar-refractivity contribution is -0.122. The van der Waals surface area contributed by atoms with Gasteiger partial charge in [0, 0.05) is 24.5 Å². The first-order valence-electron chi connectivity index (χ1n) is 8.51. The van der Waals surface area contributed by atoms with Gasteiger partial charge >= 0.3 is 0 Å². The number of nitrogens with zero attached hydrogens (tertiary/aromatic N) is 1. The topological polar surface area (TPSA) is 41.6 Å². The predicted octanol–water partition coefficient (Wildman–Crippen LogP) is 4.00. The van der Waals surface area contributed by atoms with Crippen molar-refractivity contribution in [3.63, 3.8) is 0 Å². The highest BCUT2D eigenvalue weighted by Gasteiger charge is 2.16. The van der Waals surface area contributed by atoms with E-state index in [4.69, 9.17) is 4.74 Å². The fraction of sp³-hybridized carbons (Fsp3) is 0.350. The molecule has 0 spiro atoms. The number of ether oxygens (including phenoxy) is 1. The van der Waals surface area contributed by atoms with Gasteiger partial charge in [0.15, 0.2) is 6.10 Å². The van der Waals surface area contributed by atoms with Gasteiger partial charge in [-0.25, -0.2) is 0 Å². The van der Waals surface area contributed by atoms with Gasteiger partial charge in [-0.3, -0.25) is 4.79 Å². The number of benzene rings is 2. The van der Waals surface area contributed by atoms with Crippen LogP contribution in [0.15, 0.2) is 48.5 Å². The van der Waals surface area contributed by atoms with E-state index < -0.39 is 6.10 Å². The van der Waals surface area contributed by atoms with Crippen LogP contribution >= 0.6 is 0 Å². The second-order valence-corrected chi connectivity index (χ2v) is 6.26. The summed E-state index contributed by atoms with van der Waals surface area (Å²) in [5.41, 5.74) is 3.03. The van der Waals surface area contributed by atoms with E-state index >= 15 is 0 Å². The number of anilines is 2. The van der Waals surface area contributed by atoms with E-state index in [9.17, 15) is 4.79 Å². The normalized spacial score (nSPS) is 15.2. The second-order valence-electron chi connectivity index (χ2n) is 6.26. The third-order valence-electron chi connectivity index (χ3n) is 4.37. The Hall–Kier alpha value is -2.49. The fourth-order valence-corrected chi connectivity index (χ4v) is 2.91. The van der Waals surface area contributed by atoms with E-state index in [0.717, 1.165) is 30.1 Å². The molecule has 1 heterocycles. The maximum atomic E-state index is 12.3. The molecular formula is C20H24N2O2. The van der Waals surface area contributed by atoms with Crippen molar-refractivity contribution in [2.45, 2.75) is 32.8 Å². The van der Waals surface area contributed by atoms with Gasteiger partial charge in [-0.05, 0) is 62.6 Å². The molecule has 1 aliphatic heterocycles. The van der Waals surface area contributed by atoms with Crippen molar-refractivity contribution in [2.24, 2.45) is 0 Å². The van der Waals surface area contributed by atoms with E-state index in [1.807, 2.05) is 43.3 Å². The van der Waals surface area contributed by atoms with Crippen LogP contribution in [-0.4, -0.2) is 25.1 Å². The molecule has 4 heteroatoms. The van der Waals surface area contributed by atoms with Crippen molar-refractivity contribution in [3.05, 3.63) is 54.1 Å². The molecule has 4 nitrogen and oxygen atoms in total. The van der Waals surface area contributed by atoms with Crippen LogP contribution < -0.4 is 15.0 Å². The molecule has 3 rings (SSSR count). The van der Waals surface area contributed by atoms with E-state index in [1.165, 1.54) is 18.5 Å². The molecule has 126 valence electrons. The molecule has 0 aliphatic carbocycles. The Bertz CT molecular complexity index is 691. The molecule has 1 fully saturated rings. The minimum absolute atomic E-state index is 0.146. The van der Waals surface area contributed by atoms with Gasteiger partial charge < -0.3 is 15.0 Å². The minimum atomic E-state index is -0.552. The van der Waals surface area contributed by atoms with Gasteiger partial charge in [-0.15, -0.1) is 0 Å². The zero-order chi connectivity index (χ0) is 16.9. The Morgan fingerprint density at radius 2 is 1.75 bits per heavy atom. The first-order chi connectivity index (χ1) is 11.6. The minimum Gasteiger partial charge on any atom is -0.481 e. The highest BCUT2D eigenvalue weighted by molar-refractivity contribution is 5.94.